The maximum Gasteiger partial charge on any atom is 0.230 e. The first-order chi connectivity index (χ1) is 15.0. The second kappa shape index (κ2) is 9.01. The topological polar surface area (TPSA) is 91.8 Å². The van der Waals surface area contributed by atoms with Crippen LogP contribution in [0.25, 0.3) is 5.57 Å². The van der Waals surface area contributed by atoms with Gasteiger partial charge in [0.2, 0.25) is 11.9 Å². The van der Waals surface area contributed by atoms with Crippen molar-refractivity contribution in [3.8, 4) is 0 Å². The highest BCUT2D eigenvalue weighted by Crippen LogP contribution is 2.31. The van der Waals surface area contributed by atoms with Crippen molar-refractivity contribution in [2.45, 2.75) is 26.3 Å². The van der Waals surface area contributed by atoms with Gasteiger partial charge in [0, 0.05) is 30.4 Å². The van der Waals surface area contributed by atoms with E-state index in [4.69, 9.17) is 0 Å². The second-order valence-corrected chi connectivity index (χ2v) is 7.33. The van der Waals surface area contributed by atoms with Gasteiger partial charge in [-0.25, -0.2) is 14.4 Å². The molecule has 4 rings (SSSR count). The smallest absolute Gasteiger partial charge is 0.230 e. The molecule has 31 heavy (non-hydrogen) atoms. The molecule has 1 aliphatic rings. The van der Waals surface area contributed by atoms with Gasteiger partial charge in [0.25, 0.3) is 0 Å². The molecule has 2 aromatic carbocycles. The Kier molecular flexibility index (Phi) is 5.99. The fourth-order valence-corrected chi connectivity index (χ4v) is 3.58. The predicted molar refractivity (Wildman–Crippen MR) is 118 cm³/mol. The molecule has 0 bridgehead atoms. The zero-order chi connectivity index (χ0) is 21.8. The Morgan fingerprint density at radius 3 is 2.74 bits per heavy atom. The first kappa shape index (κ1) is 20.6. The van der Waals surface area contributed by atoms with Crippen LogP contribution in [0.3, 0.4) is 0 Å². The van der Waals surface area contributed by atoms with Crippen molar-refractivity contribution in [2.75, 3.05) is 17.2 Å². The third-order valence-electron chi connectivity index (χ3n) is 5.15. The molecule has 2 heterocycles. The highest BCUT2D eigenvalue weighted by atomic mass is 19.1. The van der Waals surface area contributed by atoms with Gasteiger partial charge in [-0.1, -0.05) is 30.3 Å². The average Bonchev–Trinajstić information content (AvgIpc) is 2.77. The van der Waals surface area contributed by atoms with Crippen LogP contribution in [-0.2, 0) is 4.79 Å². The molecule has 1 amide bonds. The minimum Gasteiger partial charge on any atom is -0.326 e. The molecule has 3 aromatic rings. The minimum atomic E-state index is -0.234. The Bertz CT molecular complexity index is 1150. The van der Waals surface area contributed by atoms with E-state index < -0.39 is 0 Å². The number of amides is 1. The summed E-state index contributed by atoms with van der Waals surface area (Å²) in [5.74, 6) is 0.610. The van der Waals surface area contributed by atoms with Gasteiger partial charge in [-0.15, -0.1) is 0 Å². The molecule has 1 aromatic heterocycles. The van der Waals surface area contributed by atoms with Crippen molar-refractivity contribution in [3.05, 3.63) is 77.6 Å². The predicted octanol–water partition coefficient (Wildman–Crippen LogP) is 4.14. The van der Waals surface area contributed by atoms with Crippen LogP contribution >= 0.6 is 0 Å². The highest BCUT2D eigenvalue weighted by Gasteiger charge is 2.22. The Balaban J connectivity index is 1.54. The van der Waals surface area contributed by atoms with Gasteiger partial charge in [-0.2, -0.15) is 4.98 Å². The molecule has 1 aliphatic heterocycles. The van der Waals surface area contributed by atoms with E-state index in [1.165, 1.54) is 19.3 Å². The lowest BCUT2D eigenvalue weighted by molar-refractivity contribution is -0.114. The lowest BCUT2D eigenvalue weighted by atomic mass is 9.94. The van der Waals surface area contributed by atoms with Gasteiger partial charge in [-0.05, 0) is 42.7 Å². The van der Waals surface area contributed by atoms with Gasteiger partial charge in [0.1, 0.15) is 12.1 Å². The van der Waals surface area contributed by atoms with E-state index in [9.17, 15) is 9.18 Å². The molecule has 1 unspecified atom stereocenters. The summed E-state index contributed by atoms with van der Waals surface area (Å²) in [7, 11) is 0. The average molecular weight is 418 g/mol. The number of nitrogens with zero attached hydrogens (tertiary/aromatic N) is 3. The summed E-state index contributed by atoms with van der Waals surface area (Å²) in [5.41, 5.74) is 3.91. The van der Waals surface area contributed by atoms with E-state index in [0.29, 0.717) is 30.3 Å². The van der Waals surface area contributed by atoms with Crippen molar-refractivity contribution in [1.82, 2.24) is 20.3 Å². The SMILES string of the molecule is CC(=O)Nc1cccc(Nc2ncnc(C3CC(c4ccccc4F)=CCN3)n2)c1C. The lowest BCUT2D eigenvalue weighted by Crippen LogP contribution is -2.27. The van der Waals surface area contributed by atoms with Crippen LogP contribution in [-0.4, -0.2) is 27.4 Å². The minimum absolute atomic E-state index is 0.134. The molecule has 158 valence electrons. The van der Waals surface area contributed by atoms with E-state index in [2.05, 4.69) is 30.9 Å². The third-order valence-corrected chi connectivity index (χ3v) is 5.15. The molecular weight excluding hydrogens is 395 g/mol. The van der Waals surface area contributed by atoms with E-state index in [1.807, 2.05) is 37.3 Å². The number of benzene rings is 2. The number of rotatable bonds is 5. The number of nitrogens with one attached hydrogen (secondary N) is 3. The molecule has 0 saturated heterocycles. The summed E-state index contributed by atoms with van der Waals surface area (Å²) in [5, 5.41) is 9.37. The summed E-state index contributed by atoms with van der Waals surface area (Å²) >= 11 is 0. The van der Waals surface area contributed by atoms with Crippen LogP contribution in [0.4, 0.5) is 21.7 Å². The van der Waals surface area contributed by atoms with Gasteiger partial charge in [-0.3, -0.25) is 4.79 Å². The van der Waals surface area contributed by atoms with Crippen molar-refractivity contribution in [2.24, 2.45) is 0 Å². The lowest BCUT2D eigenvalue weighted by Gasteiger charge is -2.24. The first-order valence-corrected chi connectivity index (χ1v) is 10.0. The number of carbonyl (C=O) groups excluding carboxylic acids is 1. The third kappa shape index (κ3) is 4.75. The van der Waals surface area contributed by atoms with Crippen LogP contribution in [0.1, 0.15) is 36.3 Å². The fourth-order valence-electron chi connectivity index (χ4n) is 3.58. The van der Waals surface area contributed by atoms with Gasteiger partial charge >= 0.3 is 0 Å². The Labute approximate surface area is 179 Å². The first-order valence-electron chi connectivity index (χ1n) is 10.0. The van der Waals surface area contributed by atoms with Crippen molar-refractivity contribution >= 4 is 28.8 Å². The number of carbonyl (C=O) groups is 1. The largest absolute Gasteiger partial charge is 0.326 e. The number of aromatic nitrogens is 3. The van der Waals surface area contributed by atoms with Crippen LogP contribution < -0.4 is 16.0 Å². The van der Waals surface area contributed by atoms with Crippen molar-refractivity contribution in [3.63, 3.8) is 0 Å². The highest BCUT2D eigenvalue weighted by molar-refractivity contribution is 5.90. The Morgan fingerprint density at radius 2 is 1.94 bits per heavy atom. The number of hydrogen-bond acceptors (Lipinski definition) is 6. The molecule has 3 N–H and O–H groups in total. The quantitative estimate of drug-likeness (QED) is 0.577. The maximum absolute atomic E-state index is 14.2. The van der Waals surface area contributed by atoms with E-state index in [-0.39, 0.29) is 17.8 Å². The standard InChI is InChI=1S/C23H23FN6O/c1-14-19(28-15(2)31)8-5-9-20(14)29-23-27-13-26-22(30-23)21-12-16(10-11-25-21)17-6-3-4-7-18(17)24/h3-10,13,21,25H,11-12H2,1-2H3,(H,28,31)(H,26,27,29,30). The van der Waals surface area contributed by atoms with Gasteiger partial charge in [0.15, 0.2) is 5.82 Å². The molecule has 8 heteroatoms. The summed E-state index contributed by atoms with van der Waals surface area (Å²) in [6.45, 7) is 3.98. The van der Waals surface area contributed by atoms with Crippen molar-refractivity contribution in [1.29, 1.82) is 0 Å². The fraction of sp³-hybridized carbons (Fsp3) is 0.217. The number of anilines is 3. The maximum atomic E-state index is 14.2. The normalized spacial score (nSPS) is 15.8. The van der Waals surface area contributed by atoms with Gasteiger partial charge in [0.05, 0.1) is 6.04 Å². The molecule has 0 spiro atoms. The monoisotopic (exact) mass is 418 g/mol. The van der Waals surface area contributed by atoms with E-state index >= 15 is 0 Å². The Hall–Kier alpha value is -3.65. The molecular formula is C23H23FN6O. The zero-order valence-corrected chi connectivity index (χ0v) is 17.3. The second-order valence-electron chi connectivity index (χ2n) is 7.33. The van der Waals surface area contributed by atoms with Crippen LogP contribution in [0.2, 0.25) is 0 Å². The number of halogens is 1. The van der Waals surface area contributed by atoms with E-state index in [1.54, 1.807) is 12.1 Å². The summed E-state index contributed by atoms with van der Waals surface area (Å²) in [6, 6.07) is 12.2. The molecule has 0 saturated carbocycles. The molecule has 1 atom stereocenters. The van der Waals surface area contributed by atoms with Crippen LogP contribution in [0.15, 0.2) is 54.9 Å². The molecule has 0 fully saturated rings. The molecule has 0 radical (unpaired) electrons. The van der Waals surface area contributed by atoms with Crippen molar-refractivity contribution < 1.29 is 9.18 Å². The number of hydrogen-bond donors (Lipinski definition) is 3. The molecule has 7 nitrogen and oxygen atoms in total. The van der Waals surface area contributed by atoms with Crippen LogP contribution in [0.5, 0.6) is 0 Å². The summed E-state index contributed by atoms with van der Waals surface area (Å²) in [4.78, 5) is 24.5. The zero-order valence-electron chi connectivity index (χ0n) is 17.3. The Morgan fingerprint density at radius 1 is 1.13 bits per heavy atom. The van der Waals surface area contributed by atoms with E-state index in [0.717, 1.165) is 22.5 Å². The van der Waals surface area contributed by atoms with Gasteiger partial charge < -0.3 is 16.0 Å². The summed E-state index contributed by atoms with van der Waals surface area (Å²) < 4.78 is 14.2. The molecule has 0 aliphatic carbocycles. The van der Waals surface area contributed by atoms with Crippen LogP contribution in [0, 0.1) is 12.7 Å². The summed E-state index contributed by atoms with van der Waals surface area (Å²) in [6.07, 6.45) is 4.02.